The van der Waals surface area contributed by atoms with Crippen LogP contribution in [0, 0.1) is 0 Å². The molecule has 3 rings (SSSR count). The van der Waals surface area contributed by atoms with Crippen LogP contribution in [-0.2, 0) is 0 Å². The molecule has 90 valence electrons. The molecule has 0 bridgehead atoms. The Kier molecular flexibility index (Phi) is 2.81. The molecule has 0 spiro atoms. The second kappa shape index (κ2) is 4.61. The van der Waals surface area contributed by atoms with Crippen LogP contribution in [0.5, 0.6) is 0 Å². The van der Waals surface area contributed by atoms with Gasteiger partial charge < -0.3 is 0 Å². The zero-order valence-electron chi connectivity index (χ0n) is 10.2. The lowest BCUT2D eigenvalue weighted by Crippen LogP contribution is -2.20. The first-order chi connectivity index (χ1) is 8.84. The summed E-state index contributed by atoms with van der Waals surface area (Å²) in [4.78, 5) is 0. The maximum absolute atomic E-state index is 4.20. The third-order valence-corrected chi connectivity index (χ3v) is 3.28. The highest BCUT2D eigenvalue weighted by Crippen LogP contribution is 2.27. The molecule has 3 nitrogen and oxygen atoms in total. The number of benzene rings is 2. The van der Waals surface area contributed by atoms with Gasteiger partial charge in [0.05, 0.1) is 6.04 Å². The second-order valence-electron chi connectivity index (χ2n) is 4.57. The van der Waals surface area contributed by atoms with Crippen molar-refractivity contribution >= 4 is 0 Å². The molecule has 0 amide bonds. The van der Waals surface area contributed by atoms with Gasteiger partial charge in [0.1, 0.15) is 6.04 Å². The molecule has 1 aliphatic heterocycles. The average Bonchev–Trinajstić information content (AvgIpc) is 2.86. The van der Waals surface area contributed by atoms with Crippen molar-refractivity contribution in [2.24, 2.45) is 10.3 Å². The molecule has 0 radical (unpaired) electrons. The van der Waals surface area contributed by atoms with E-state index in [2.05, 4.69) is 71.2 Å². The molecule has 0 fully saturated rings. The first-order valence-electron chi connectivity index (χ1n) is 6.15. The van der Waals surface area contributed by atoms with E-state index >= 15 is 0 Å². The van der Waals surface area contributed by atoms with Gasteiger partial charge in [-0.25, -0.2) is 0 Å². The van der Waals surface area contributed by atoms with Crippen LogP contribution in [0.3, 0.4) is 0 Å². The number of nitrogens with one attached hydrogen (secondary N) is 1. The summed E-state index contributed by atoms with van der Waals surface area (Å²) in [6.45, 7) is 2.09. The molecule has 0 aliphatic carbocycles. The number of nitrogens with zero attached hydrogens (tertiary/aromatic N) is 2. The molecule has 1 aliphatic rings. The van der Waals surface area contributed by atoms with E-state index in [1.165, 1.54) is 16.7 Å². The monoisotopic (exact) mass is 237 g/mol. The zero-order chi connectivity index (χ0) is 12.4. The van der Waals surface area contributed by atoms with E-state index in [4.69, 9.17) is 0 Å². The van der Waals surface area contributed by atoms with Gasteiger partial charge in [-0.05, 0) is 23.6 Å². The molecule has 2 aromatic rings. The van der Waals surface area contributed by atoms with Gasteiger partial charge in [-0.2, -0.15) is 5.11 Å². The lowest BCUT2D eigenvalue weighted by atomic mass is 9.98. The highest BCUT2D eigenvalue weighted by Gasteiger charge is 2.22. The van der Waals surface area contributed by atoms with Crippen LogP contribution >= 0.6 is 0 Å². The van der Waals surface area contributed by atoms with Gasteiger partial charge in [0.2, 0.25) is 0 Å². The smallest absolute Gasteiger partial charge is 0.119 e. The van der Waals surface area contributed by atoms with Crippen LogP contribution in [0.2, 0.25) is 0 Å². The van der Waals surface area contributed by atoms with Gasteiger partial charge in [0, 0.05) is 0 Å². The van der Waals surface area contributed by atoms with E-state index in [-0.39, 0.29) is 12.1 Å². The summed E-state index contributed by atoms with van der Waals surface area (Å²) in [7, 11) is 0. The van der Waals surface area contributed by atoms with Crippen LogP contribution < -0.4 is 5.43 Å². The van der Waals surface area contributed by atoms with E-state index in [1.54, 1.807) is 0 Å². The highest BCUT2D eigenvalue weighted by molar-refractivity contribution is 5.63. The van der Waals surface area contributed by atoms with Crippen LogP contribution in [-0.4, -0.2) is 6.04 Å². The summed E-state index contributed by atoms with van der Waals surface area (Å²) in [5.74, 6) is 0. The minimum absolute atomic E-state index is 0.134. The first-order valence-corrected chi connectivity index (χ1v) is 6.15. The topological polar surface area (TPSA) is 36.8 Å². The third kappa shape index (κ3) is 1.99. The van der Waals surface area contributed by atoms with E-state index in [1.807, 2.05) is 6.07 Å². The molecule has 18 heavy (non-hydrogen) atoms. The fourth-order valence-corrected chi connectivity index (χ4v) is 2.22. The molecule has 1 N–H and O–H groups in total. The van der Waals surface area contributed by atoms with Gasteiger partial charge in [-0.1, -0.05) is 59.8 Å². The fourth-order valence-electron chi connectivity index (χ4n) is 2.22. The Balaban J connectivity index is 1.88. The Hall–Kier alpha value is -2.16. The molecule has 0 aromatic heterocycles. The minimum atomic E-state index is 0.134. The molecule has 2 atom stereocenters. The van der Waals surface area contributed by atoms with Crippen molar-refractivity contribution in [3.05, 3.63) is 60.2 Å². The summed E-state index contributed by atoms with van der Waals surface area (Å²) >= 11 is 0. The van der Waals surface area contributed by atoms with Gasteiger partial charge in [-0.3, -0.25) is 5.43 Å². The Bertz CT molecular complexity index is 546. The second-order valence-corrected chi connectivity index (χ2v) is 4.57. The number of hydrogen-bond donors (Lipinski definition) is 1. The van der Waals surface area contributed by atoms with Crippen molar-refractivity contribution in [3.8, 4) is 11.1 Å². The van der Waals surface area contributed by atoms with Crippen molar-refractivity contribution in [3.63, 3.8) is 0 Å². The molecule has 3 heteroatoms. The van der Waals surface area contributed by atoms with E-state index in [0.717, 1.165) is 0 Å². The zero-order valence-corrected chi connectivity index (χ0v) is 10.2. The molecule has 0 saturated heterocycles. The third-order valence-electron chi connectivity index (χ3n) is 3.28. The Morgan fingerprint density at radius 3 is 2.17 bits per heavy atom. The molecular formula is C15H15N3. The quantitative estimate of drug-likeness (QED) is 0.848. The Morgan fingerprint density at radius 2 is 1.56 bits per heavy atom. The van der Waals surface area contributed by atoms with Crippen LogP contribution in [0.1, 0.15) is 18.5 Å². The summed E-state index contributed by atoms with van der Waals surface area (Å²) in [6, 6.07) is 19.3. The predicted octanol–water partition coefficient (Wildman–Crippen LogP) is 3.75. The molecular weight excluding hydrogens is 222 g/mol. The lowest BCUT2D eigenvalue weighted by Gasteiger charge is -2.12. The standard InChI is InChI=1S/C15H15N3/c1-11-15(17-18-16-11)14-9-7-13(8-10-14)12-5-3-2-4-6-12/h2-11,15H,1H3,(H,16,17). The molecule has 2 unspecified atom stereocenters. The number of hydrogen-bond acceptors (Lipinski definition) is 3. The van der Waals surface area contributed by atoms with Crippen molar-refractivity contribution in [1.29, 1.82) is 0 Å². The van der Waals surface area contributed by atoms with E-state index < -0.39 is 0 Å². The SMILES string of the molecule is CC1NN=NC1c1ccc(-c2ccccc2)cc1. The minimum Gasteiger partial charge on any atom is -0.286 e. The van der Waals surface area contributed by atoms with E-state index in [0.29, 0.717) is 0 Å². The van der Waals surface area contributed by atoms with Crippen LogP contribution in [0.4, 0.5) is 0 Å². The maximum Gasteiger partial charge on any atom is 0.119 e. The first kappa shape index (κ1) is 11.0. The van der Waals surface area contributed by atoms with Crippen LogP contribution in [0.15, 0.2) is 64.9 Å². The van der Waals surface area contributed by atoms with Crippen molar-refractivity contribution in [1.82, 2.24) is 5.43 Å². The lowest BCUT2D eigenvalue weighted by molar-refractivity contribution is 0.568. The number of rotatable bonds is 2. The summed E-state index contributed by atoms with van der Waals surface area (Å²) in [6.07, 6.45) is 0. The molecule has 0 saturated carbocycles. The highest BCUT2D eigenvalue weighted by atomic mass is 15.5. The molecule has 1 heterocycles. The van der Waals surface area contributed by atoms with Gasteiger partial charge in [0.15, 0.2) is 0 Å². The van der Waals surface area contributed by atoms with Crippen molar-refractivity contribution in [2.45, 2.75) is 19.0 Å². The Labute approximate surface area is 107 Å². The van der Waals surface area contributed by atoms with Crippen molar-refractivity contribution < 1.29 is 0 Å². The van der Waals surface area contributed by atoms with Gasteiger partial charge in [-0.15, -0.1) is 0 Å². The summed E-state index contributed by atoms with van der Waals surface area (Å²) < 4.78 is 0. The fraction of sp³-hybridized carbons (Fsp3) is 0.200. The van der Waals surface area contributed by atoms with Gasteiger partial charge >= 0.3 is 0 Å². The normalized spacial score (nSPS) is 21.8. The van der Waals surface area contributed by atoms with E-state index in [9.17, 15) is 0 Å². The summed E-state index contributed by atoms with van der Waals surface area (Å²) in [5, 5.41) is 8.08. The van der Waals surface area contributed by atoms with Crippen LogP contribution in [0.25, 0.3) is 11.1 Å². The Morgan fingerprint density at radius 1 is 0.889 bits per heavy atom. The van der Waals surface area contributed by atoms with Crippen molar-refractivity contribution in [2.75, 3.05) is 0 Å². The summed E-state index contributed by atoms with van der Waals surface area (Å²) in [5.41, 5.74) is 6.65. The largest absolute Gasteiger partial charge is 0.286 e. The predicted molar refractivity (Wildman–Crippen MR) is 72.1 cm³/mol. The average molecular weight is 237 g/mol. The molecule has 2 aromatic carbocycles. The maximum atomic E-state index is 4.20. The van der Waals surface area contributed by atoms with Gasteiger partial charge in [0.25, 0.3) is 0 Å².